The molecule has 0 saturated carbocycles. The van der Waals surface area contributed by atoms with Crippen molar-refractivity contribution in [3.8, 4) is 5.75 Å². The van der Waals surface area contributed by atoms with E-state index in [4.69, 9.17) is 5.11 Å². The van der Waals surface area contributed by atoms with Crippen molar-refractivity contribution < 1.29 is 29.9 Å². The van der Waals surface area contributed by atoms with Crippen LogP contribution in [0.25, 0.3) is 0 Å². The summed E-state index contributed by atoms with van der Waals surface area (Å²) < 4.78 is 0. The van der Waals surface area contributed by atoms with E-state index in [1.54, 1.807) is 25.2 Å². The standard InChI is InChI=1S/C19H23BN2O6/c1-21-10-12-4-2-6-14(8-12)18(24)22-11-15(20(27)28)9-13-5-3-7-16(17(13)23)19(25)26/h2-8,15,21,23,27-28H,9-11H2,1H3,(H,22,24)(H,25,26)/t15-/m1/s1. The number of aromatic carboxylic acids is 1. The SMILES string of the molecule is CNCc1cccc(C(=O)NC[C@@H](Cc2cccc(C(=O)O)c2O)B(O)O)c1. The molecule has 0 heterocycles. The summed E-state index contributed by atoms with van der Waals surface area (Å²) in [6.45, 7) is 0.543. The quantitative estimate of drug-likeness (QED) is 0.348. The van der Waals surface area contributed by atoms with Crippen molar-refractivity contribution in [1.82, 2.24) is 10.6 Å². The van der Waals surface area contributed by atoms with Crippen molar-refractivity contribution in [3.63, 3.8) is 0 Å². The van der Waals surface area contributed by atoms with Gasteiger partial charge in [-0.25, -0.2) is 4.79 Å². The minimum atomic E-state index is -1.76. The summed E-state index contributed by atoms with van der Waals surface area (Å²) in [4.78, 5) is 23.5. The van der Waals surface area contributed by atoms with E-state index in [2.05, 4.69) is 10.6 Å². The van der Waals surface area contributed by atoms with Gasteiger partial charge in [-0.3, -0.25) is 4.79 Å². The molecule has 28 heavy (non-hydrogen) atoms. The summed E-state index contributed by atoms with van der Waals surface area (Å²) in [6.07, 6.45) is -0.0231. The van der Waals surface area contributed by atoms with Gasteiger partial charge < -0.3 is 30.9 Å². The Morgan fingerprint density at radius 1 is 1.14 bits per heavy atom. The molecule has 8 nitrogen and oxygen atoms in total. The smallest absolute Gasteiger partial charge is 0.456 e. The monoisotopic (exact) mass is 386 g/mol. The molecule has 1 amide bonds. The zero-order valence-corrected chi connectivity index (χ0v) is 15.4. The number of carbonyl (C=O) groups is 2. The molecule has 0 fully saturated rings. The van der Waals surface area contributed by atoms with Crippen molar-refractivity contribution in [2.24, 2.45) is 0 Å². The summed E-state index contributed by atoms with van der Waals surface area (Å²) in [5.74, 6) is -2.91. The first-order valence-corrected chi connectivity index (χ1v) is 8.75. The fourth-order valence-corrected chi connectivity index (χ4v) is 2.85. The van der Waals surface area contributed by atoms with Crippen molar-refractivity contribution in [2.75, 3.05) is 13.6 Å². The third-order valence-electron chi connectivity index (χ3n) is 4.35. The number of nitrogens with one attached hydrogen (secondary N) is 2. The van der Waals surface area contributed by atoms with E-state index in [0.717, 1.165) is 5.56 Å². The molecule has 2 aromatic carbocycles. The van der Waals surface area contributed by atoms with E-state index in [1.165, 1.54) is 18.2 Å². The number of rotatable bonds is 9. The van der Waals surface area contributed by atoms with Gasteiger partial charge in [0.1, 0.15) is 11.3 Å². The molecule has 6 N–H and O–H groups in total. The zero-order valence-electron chi connectivity index (χ0n) is 15.4. The van der Waals surface area contributed by atoms with Gasteiger partial charge in [0.25, 0.3) is 5.91 Å². The van der Waals surface area contributed by atoms with E-state index < -0.39 is 24.7 Å². The molecular formula is C19H23BN2O6. The van der Waals surface area contributed by atoms with E-state index in [0.29, 0.717) is 12.1 Å². The maximum atomic E-state index is 12.4. The number of carboxylic acid groups (broad SMARTS) is 1. The second-order valence-corrected chi connectivity index (χ2v) is 6.44. The van der Waals surface area contributed by atoms with Crippen LogP contribution in [0.3, 0.4) is 0 Å². The Hall–Kier alpha value is -2.88. The average molecular weight is 386 g/mol. The maximum Gasteiger partial charge on any atom is 0.456 e. The molecule has 2 aromatic rings. The van der Waals surface area contributed by atoms with Crippen molar-refractivity contribution in [3.05, 3.63) is 64.7 Å². The van der Waals surface area contributed by atoms with E-state index >= 15 is 0 Å². The minimum absolute atomic E-state index is 0.0231. The predicted molar refractivity (Wildman–Crippen MR) is 104 cm³/mol. The average Bonchev–Trinajstić information content (AvgIpc) is 2.66. The van der Waals surface area contributed by atoms with Crippen LogP contribution < -0.4 is 10.6 Å². The molecule has 0 aromatic heterocycles. The van der Waals surface area contributed by atoms with Crippen molar-refractivity contribution in [2.45, 2.75) is 18.8 Å². The molecule has 0 bridgehead atoms. The third kappa shape index (κ3) is 5.56. The van der Waals surface area contributed by atoms with Gasteiger partial charge in [-0.2, -0.15) is 0 Å². The molecule has 0 saturated heterocycles. The first-order valence-electron chi connectivity index (χ1n) is 8.75. The van der Waals surface area contributed by atoms with Gasteiger partial charge in [0.15, 0.2) is 0 Å². The van der Waals surface area contributed by atoms with Crippen LogP contribution in [-0.4, -0.2) is 52.8 Å². The van der Waals surface area contributed by atoms with Gasteiger partial charge >= 0.3 is 13.1 Å². The van der Waals surface area contributed by atoms with Crippen LogP contribution in [0.4, 0.5) is 0 Å². The third-order valence-corrected chi connectivity index (χ3v) is 4.35. The number of carboxylic acids is 1. The summed E-state index contributed by atoms with van der Waals surface area (Å²) in [5.41, 5.74) is 1.36. The van der Waals surface area contributed by atoms with Gasteiger partial charge in [0.2, 0.25) is 0 Å². The molecule has 0 aliphatic rings. The fraction of sp³-hybridized carbons (Fsp3) is 0.263. The lowest BCUT2D eigenvalue weighted by atomic mass is 9.69. The van der Waals surface area contributed by atoms with Gasteiger partial charge in [0.05, 0.1) is 0 Å². The van der Waals surface area contributed by atoms with Crippen molar-refractivity contribution >= 4 is 19.0 Å². The van der Waals surface area contributed by atoms with Gasteiger partial charge in [-0.1, -0.05) is 24.3 Å². The Balaban J connectivity index is 2.08. The van der Waals surface area contributed by atoms with Gasteiger partial charge in [0, 0.05) is 24.5 Å². The molecule has 2 rings (SSSR count). The van der Waals surface area contributed by atoms with E-state index in [1.807, 2.05) is 6.07 Å². The highest BCUT2D eigenvalue weighted by Crippen LogP contribution is 2.27. The molecule has 0 radical (unpaired) electrons. The molecule has 1 atom stereocenters. The fourth-order valence-electron chi connectivity index (χ4n) is 2.85. The van der Waals surface area contributed by atoms with Gasteiger partial charge in [-0.15, -0.1) is 0 Å². The van der Waals surface area contributed by atoms with Crippen LogP contribution in [0.1, 0.15) is 31.8 Å². The molecule has 0 spiro atoms. The topological polar surface area (TPSA) is 139 Å². The molecule has 0 aliphatic heterocycles. The number of aromatic hydroxyl groups is 1. The largest absolute Gasteiger partial charge is 0.507 e. The highest BCUT2D eigenvalue weighted by atomic mass is 16.4. The van der Waals surface area contributed by atoms with E-state index in [9.17, 15) is 24.7 Å². The Bertz CT molecular complexity index is 843. The Kier molecular flexibility index (Phi) is 7.56. The number of amides is 1. The lowest BCUT2D eigenvalue weighted by Gasteiger charge is -2.18. The Morgan fingerprint density at radius 3 is 2.50 bits per heavy atom. The Labute approximate surface area is 163 Å². The maximum absolute atomic E-state index is 12.4. The van der Waals surface area contributed by atoms with Crippen LogP contribution in [0, 0.1) is 0 Å². The first-order chi connectivity index (χ1) is 13.3. The summed E-state index contributed by atoms with van der Waals surface area (Å²) in [6, 6.07) is 11.2. The summed E-state index contributed by atoms with van der Waals surface area (Å²) in [5, 5.41) is 44.1. The molecule has 148 valence electrons. The number of benzene rings is 2. The summed E-state index contributed by atoms with van der Waals surface area (Å²) >= 11 is 0. The second-order valence-electron chi connectivity index (χ2n) is 6.44. The van der Waals surface area contributed by atoms with Crippen LogP contribution in [0.2, 0.25) is 5.82 Å². The lowest BCUT2D eigenvalue weighted by molar-refractivity contribution is 0.0693. The minimum Gasteiger partial charge on any atom is -0.507 e. The lowest BCUT2D eigenvalue weighted by Crippen LogP contribution is -2.35. The normalized spacial score (nSPS) is 11.7. The number of hydrogen-bond acceptors (Lipinski definition) is 6. The number of carbonyl (C=O) groups excluding carboxylic acids is 1. The number of para-hydroxylation sites is 1. The van der Waals surface area contributed by atoms with Crippen LogP contribution in [0.15, 0.2) is 42.5 Å². The molecule has 9 heteroatoms. The van der Waals surface area contributed by atoms with Crippen LogP contribution >= 0.6 is 0 Å². The van der Waals surface area contributed by atoms with E-state index in [-0.39, 0.29) is 30.0 Å². The van der Waals surface area contributed by atoms with Crippen molar-refractivity contribution in [1.29, 1.82) is 0 Å². The Morgan fingerprint density at radius 2 is 1.86 bits per heavy atom. The number of phenols is 1. The second kappa shape index (κ2) is 9.89. The van der Waals surface area contributed by atoms with Crippen LogP contribution in [0.5, 0.6) is 5.75 Å². The highest BCUT2D eigenvalue weighted by molar-refractivity contribution is 6.43. The predicted octanol–water partition coefficient (Wildman–Crippen LogP) is 0.625. The molecule has 0 unspecified atom stereocenters. The van der Waals surface area contributed by atoms with Crippen LogP contribution in [-0.2, 0) is 13.0 Å². The molecular weight excluding hydrogens is 363 g/mol. The first kappa shape index (κ1) is 21.4. The van der Waals surface area contributed by atoms with Gasteiger partial charge in [-0.05, 0) is 42.8 Å². The highest BCUT2D eigenvalue weighted by Gasteiger charge is 2.26. The number of hydrogen-bond donors (Lipinski definition) is 6. The zero-order chi connectivity index (χ0) is 20.7. The summed E-state index contributed by atoms with van der Waals surface area (Å²) in [7, 11) is 0.0400. The molecule has 0 aliphatic carbocycles.